The van der Waals surface area contributed by atoms with Crippen molar-refractivity contribution in [3.63, 3.8) is 0 Å². The number of carbonyl (C=O) groups excluding carboxylic acids is 1. The zero-order valence-corrected chi connectivity index (χ0v) is 26.0. The summed E-state index contributed by atoms with van der Waals surface area (Å²) in [6, 6.07) is 12.2. The van der Waals surface area contributed by atoms with Gasteiger partial charge in [-0.05, 0) is 70.4 Å². The molecule has 1 aliphatic rings. The van der Waals surface area contributed by atoms with Crippen molar-refractivity contribution in [2.24, 2.45) is 0 Å². The highest BCUT2D eigenvalue weighted by Crippen LogP contribution is 2.31. The van der Waals surface area contributed by atoms with Crippen LogP contribution in [0.5, 0.6) is 11.5 Å². The first-order valence-electron chi connectivity index (χ1n) is 14.9. The number of aromatic nitrogens is 4. The molecule has 0 spiro atoms. The summed E-state index contributed by atoms with van der Waals surface area (Å²) in [7, 11) is 1.60. The van der Waals surface area contributed by atoms with Gasteiger partial charge in [0.25, 0.3) is 5.56 Å². The van der Waals surface area contributed by atoms with Crippen molar-refractivity contribution in [1.29, 1.82) is 0 Å². The number of piperidine rings is 1. The normalized spacial score (nSPS) is 14.2. The molecule has 5 heterocycles. The van der Waals surface area contributed by atoms with Crippen LogP contribution in [0, 0.1) is 12.7 Å². The lowest BCUT2D eigenvalue weighted by Crippen LogP contribution is -2.43. The maximum atomic E-state index is 15.0. The molecular weight excluding hydrogens is 577 g/mol. The van der Waals surface area contributed by atoms with E-state index in [4.69, 9.17) is 19.2 Å². The molecule has 0 unspecified atom stereocenters. The molecule has 6 rings (SSSR count). The number of nitrogens with zero attached hydrogens (tertiary/aromatic N) is 5. The molecule has 0 bridgehead atoms. The lowest BCUT2D eigenvalue weighted by atomic mass is 10.0. The molecule has 0 aliphatic carbocycles. The smallest absolute Gasteiger partial charge is 0.410 e. The molecule has 45 heavy (non-hydrogen) atoms. The van der Waals surface area contributed by atoms with E-state index in [1.165, 1.54) is 6.07 Å². The van der Waals surface area contributed by atoms with Crippen molar-refractivity contribution in [2.75, 3.05) is 20.2 Å². The van der Waals surface area contributed by atoms with Crippen molar-refractivity contribution in [2.45, 2.75) is 58.8 Å². The number of halogens is 1. The minimum atomic E-state index is -0.577. The standard InChI is InChI=1S/C34H36FN5O5/c1-21-18-39-19-23(16-26(35)31(39)36-21)28-17-29(44-20-22-6-8-25(43-5)9-7-22)30-27(37-28)12-15-40(32(30)41)24-10-13-38(14-11-24)33(42)45-34(2,3)4/h6-9,12,15-19,24H,10-11,13-14,20H2,1-5H3. The van der Waals surface area contributed by atoms with Crippen LogP contribution in [0.1, 0.15) is 50.9 Å². The SMILES string of the molecule is COc1ccc(COc2cc(-c3cc(F)c4nc(C)cn4c3)nc3ccn(C4CCN(C(=O)OC(C)(C)C)CC4)c(=O)c23)cc1. The third-order valence-corrected chi connectivity index (χ3v) is 7.84. The van der Waals surface area contributed by atoms with Crippen molar-refractivity contribution in [3.05, 3.63) is 88.5 Å². The van der Waals surface area contributed by atoms with Gasteiger partial charge in [-0.3, -0.25) is 4.79 Å². The third kappa shape index (κ3) is 6.33. The molecule has 0 N–H and O–H groups in total. The van der Waals surface area contributed by atoms with Crippen LogP contribution in [0.15, 0.2) is 65.8 Å². The van der Waals surface area contributed by atoms with Gasteiger partial charge in [0.15, 0.2) is 11.5 Å². The Labute approximate surface area is 260 Å². The van der Waals surface area contributed by atoms with Crippen molar-refractivity contribution >= 4 is 22.6 Å². The molecule has 0 atom stereocenters. The topological polar surface area (TPSA) is 100 Å². The number of methoxy groups -OCH3 is 1. The number of carbonyl (C=O) groups is 1. The first-order chi connectivity index (χ1) is 21.5. The fraction of sp³-hybridized carbons (Fsp3) is 0.353. The van der Waals surface area contributed by atoms with Gasteiger partial charge >= 0.3 is 6.09 Å². The summed E-state index contributed by atoms with van der Waals surface area (Å²) in [4.78, 5) is 37.4. The molecule has 0 saturated carbocycles. The second-order valence-electron chi connectivity index (χ2n) is 12.3. The van der Waals surface area contributed by atoms with E-state index in [9.17, 15) is 9.59 Å². The summed E-state index contributed by atoms with van der Waals surface area (Å²) in [5.41, 5.74) is 2.41. The number of rotatable bonds is 6. The van der Waals surface area contributed by atoms with Gasteiger partial charge in [-0.2, -0.15) is 0 Å². The number of imidazole rings is 1. The first kappa shape index (κ1) is 30.1. The Balaban J connectivity index is 1.36. The summed E-state index contributed by atoms with van der Waals surface area (Å²) < 4.78 is 35.5. The maximum absolute atomic E-state index is 15.0. The minimum absolute atomic E-state index is 0.115. The fourth-order valence-corrected chi connectivity index (χ4v) is 5.63. The lowest BCUT2D eigenvalue weighted by Gasteiger charge is -2.34. The van der Waals surface area contributed by atoms with Crippen molar-refractivity contribution in [1.82, 2.24) is 23.8 Å². The molecule has 11 heteroatoms. The fourth-order valence-electron chi connectivity index (χ4n) is 5.63. The number of fused-ring (bicyclic) bond motifs is 2. The highest BCUT2D eigenvalue weighted by Gasteiger charge is 2.28. The van der Waals surface area contributed by atoms with Gasteiger partial charge in [-0.25, -0.2) is 19.2 Å². The minimum Gasteiger partial charge on any atom is -0.497 e. The van der Waals surface area contributed by atoms with E-state index >= 15 is 4.39 Å². The molecule has 1 aliphatic heterocycles. The molecule has 1 fully saturated rings. The van der Waals surface area contributed by atoms with Gasteiger partial charge in [-0.1, -0.05) is 12.1 Å². The van der Waals surface area contributed by atoms with Gasteiger partial charge in [0.05, 0.1) is 24.0 Å². The molecule has 10 nitrogen and oxygen atoms in total. The van der Waals surface area contributed by atoms with Crippen LogP contribution in [0.25, 0.3) is 27.8 Å². The highest BCUT2D eigenvalue weighted by atomic mass is 19.1. The molecule has 5 aromatic rings. The number of pyridine rings is 3. The summed E-state index contributed by atoms with van der Waals surface area (Å²) in [6.07, 6.45) is 6.10. The highest BCUT2D eigenvalue weighted by molar-refractivity contribution is 5.87. The number of benzene rings is 1. The third-order valence-electron chi connectivity index (χ3n) is 7.84. The van der Waals surface area contributed by atoms with Crippen LogP contribution >= 0.6 is 0 Å². The number of aryl methyl sites for hydroxylation is 1. The van der Waals surface area contributed by atoms with Gasteiger partial charge in [-0.15, -0.1) is 0 Å². The van der Waals surface area contributed by atoms with E-state index in [1.807, 2.05) is 45.0 Å². The van der Waals surface area contributed by atoms with Crippen molar-refractivity contribution < 1.29 is 23.4 Å². The van der Waals surface area contributed by atoms with Gasteiger partial charge in [0.1, 0.15) is 29.1 Å². The van der Waals surface area contributed by atoms with Crippen LogP contribution in [0.3, 0.4) is 0 Å². The molecular formula is C34H36FN5O5. The Morgan fingerprint density at radius 2 is 1.78 bits per heavy atom. The predicted molar refractivity (Wildman–Crippen MR) is 168 cm³/mol. The summed E-state index contributed by atoms with van der Waals surface area (Å²) in [5, 5.41) is 0.337. The first-order valence-corrected chi connectivity index (χ1v) is 14.9. The van der Waals surface area contributed by atoms with E-state index in [2.05, 4.69) is 4.98 Å². The summed E-state index contributed by atoms with van der Waals surface area (Å²) in [5.74, 6) is 0.596. The van der Waals surface area contributed by atoms with E-state index < -0.39 is 11.4 Å². The van der Waals surface area contributed by atoms with Crippen LogP contribution in [0.2, 0.25) is 0 Å². The Hall–Kier alpha value is -4.93. The summed E-state index contributed by atoms with van der Waals surface area (Å²) in [6.45, 7) is 8.47. The van der Waals surface area contributed by atoms with Crippen LogP contribution in [-0.4, -0.2) is 55.7 Å². The molecule has 1 amide bonds. The molecule has 234 valence electrons. The average molecular weight is 614 g/mol. The lowest BCUT2D eigenvalue weighted by molar-refractivity contribution is 0.0187. The van der Waals surface area contributed by atoms with Crippen LogP contribution in [0.4, 0.5) is 9.18 Å². The van der Waals surface area contributed by atoms with Gasteiger partial charge in [0.2, 0.25) is 0 Å². The second kappa shape index (κ2) is 11.9. The van der Waals surface area contributed by atoms with Crippen LogP contribution < -0.4 is 15.0 Å². The predicted octanol–water partition coefficient (Wildman–Crippen LogP) is 6.32. The Morgan fingerprint density at radius 3 is 2.47 bits per heavy atom. The van der Waals surface area contributed by atoms with Gasteiger partial charge < -0.3 is 28.1 Å². The van der Waals surface area contributed by atoms with E-state index in [1.54, 1.807) is 58.6 Å². The number of hydrogen-bond acceptors (Lipinski definition) is 7. The monoisotopic (exact) mass is 613 g/mol. The number of hydrogen-bond donors (Lipinski definition) is 0. The van der Waals surface area contributed by atoms with E-state index in [0.29, 0.717) is 59.5 Å². The number of ether oxygens (including phenoxy) is 3. The Bertz CT molecular complexity index is 1940. The quantitative estimate of drug-likeness (QED) is 0.221. The molecule has 0 radical (unpaired) electrons. The maximum Gasteiger partial charge on any atom is 0.410 e. The molecule has 4 aromatic heterocycles. The number of amides is 1. The second-order valence-corrected chi connectivity index (χ2v) is 12.3. The average Bonchev–Trinajstić information content (AvgIpc) is 3.40. The summed E-state index contributed by atoms with van der Waals surface area (Å²) >= 11 is 0. The van der Waals surface area contributed by atoms with Gasteiger partial charge in [0, 0.05) is 49.4 Å². The van der Waals surface area contributed by atoms with Crippen molar-refractivity contribution in [3.8, 4) is 22.8 Å². The number of likely N-dealkylation sites (tertiary alicyclic amines) is 1. The van der Waals surface area contributed by atoms with Crippen LogP contribution in [-0.2, 0) is 11.3 Å². The molecule has 1 saturated heterocycles. The Morgan fingerprint density at radius 1 is 1.04 bits per heavy atom. The Kier molecular flexibility index (Phi) is 7.94. The molecule has 1 aromatic carbocycles. The largest absolute Gasteiger partial charge is 0.497 e. The zero-order valence-electron chi connectivity index (χ0n) is 26.0. The van der Waals surface area contributed by atoms with E-state index in [0.717, 1.165) is 11.3 Å². The zero-order chi connectivity index (χ0) is 31.9. The van der Waals surface area contributed by atoms with E-state index in [-0.39, 0.29) is 29.9 Å².